The van der Waals surface area contributed by atoms with Crippen LogP contribution in [0.3, 0.4) is 0 Å². The van der Waals surface area contributed by atoms with Crippen molar-refractivity contribution in [1.82, 2.24) is 9.97 Å². The summed E-state index contributed by atoms with van der Waals surface area (Å²) in [5.74, 6) is 0.276. The van der Waals surface area contributed by atoms with E-state index in [2.05, 4.69) is 20.5 Å². The number of hydrazone groups is 1. The van der Waals surface area contributed by atoms with E-state index in [1.54, 1.807) is 6.07 Å². The van der Waals surface area contributed by atoms with Gasteiger partial charge in [-0.05, 0) is 36.4 Å². The lowest BCUT2D eigenvalue weighted by Crippen LogP contribution is -2.06. The number of H-pyrrole nitrogens is 1. The Labute approximate surface area is 134 Å². The van der Waals surface area contributed by atoms with Gasteiger partial charge >= 0.3 is 6.18 Å². The van der Waals surface area contributed by atoms with Crippen LogP contribution < -0.4 is 5.43 Å². The molecule has 120 valence electrons. The maximum atomic E-state index is 12.5. The second kappa shape index (κ2) is 6.04. The largest absolute Gasteiger partial charge is 0.416 e. The van der Waals surface area contributed by atoms with Gasteiger partial charge in [0.15, 0.2) is 5.82 Å². The molecule has 1 heterocycles. The predicted molar refractivity (Wildman–Crippen MR) is 83.3 cm³/mol. The fourth-order valence-corrected chi connectivity index (χ4v) is 2.05. The second-order valence-corrected chi connectivity index (χ2v) is 4.86. The van der Waals surface area contributed by atoms with Gasteiger partial charge in [0.1, 0.15) is 6.07 Å². The highest BCUT2D eigenvalue weighted by atomic mass is 19.4. The Morgan fingerprint density at radius 3 is 2.46 bits per heavy atom. The van der Waals surface area contributed by atoms with E-state index in [1.807, 2.05) is 24.3 Å². The molecular weight excluding hydrogens is 319 g/mol. The number of nitrogens with zero attached hydrogens (tertiary/aromatic N) is 3. The summed E-state index contributed by atoms with van der Waals surface area (Å²) in [4.78, 5) is 7.20. The lowest BCUT2D eigenvalue weighted by molar-refractivity contribution is -0.137. The van der Waals surface area contributed by atoms with Crippen LogP contribution in [0.4, 0.5) is 18.9 Å². The number of fused-ring (bicyclic) bond motifs is 1. The summed E-state index contributed by atoms with van der Waals surface area (Å²) in [6.45, 7) is 0. The normalized spacial score (nSPS) is 12.2. The zero-order chi connectivity index (χ0) is 17.2. The van der Waals surface area contributed by atoms with Gasteiger partial charge in [0.2, 0.25) is 5.71 Å². The van der Waals surface area contributed by atoms with Gasteiger partial charge in [-0.15, -0.1) is 0 Å². The molecule has 8 heteroatoms. The maximum Gasteiger partial charge on any atom is 0.416 e. The highest BCUT2D eigenvalue weighted by Crippen LogP contribution is 2.29. The zero-order valence-electron chi connectivity index (χ0n) is 12.1. The summed E-state index contributed by atoms with van der Waals surface area (Å²) in [6.07, 6.45) is -4.39. The first-order valence-electron chi connectivity index (χ1n) is 6.83. The van der Waals surface area contributed by atoms with Crippen LogP contribution in [0.1, 0.15) is 11.4 Å². The van der Waals surface area contributed by atoms with E-state index >= 15 is 0 Å². The third kappa shape index (κ3) is 3.20. The van der Waals surface area contributed by atoms with Gasteiger partial charge in [0.25, 0.3) is 0 Å². The molecule has 0 fully saturated rings. The SMILES string of the molecule is N#C/C(=N\Nc1ccc(C(F)(F)F)cc1)c1nc2ccccc2[nH]1. The Hall–Kier alpha value is -3.34. The summed E-state index contributed by atoms with van der Waals surface area (Å²) in [5, 5.41) is 13.1. The molecule has 3 aromatic rings. The van der Waals surface area contributed by atoms with Crippen molar-refractivity contribution in [3.8, 4) is 6.07 Å². The van der Waals surface area contributed by atoms with Gasteiger partial charge < -0.3 is 4.98 Å². The molecule has 0 aliphatic rings. The number of hydrogen-bond acceptors (Lipinski definition) is 4. The Morgan fingerprint density at radius 1 is 1.12 bits per heavy atom. The molecule has 0 saturated carbocycles. The molecule has 5 nitrogen and oxygen atoms in total. The van der Waals surface area contributed by atoms with Crippen LogP contribution in [-0.4, -0.2) is 15.7 Å². The van der Waals surface area contributed by atoms with E-state index in [0.29, 0.717) is 11.2 Å². The Balaban J connectivity index is 1.82. The molecule has 0 saturated heterocycles. The topological polar surface area (TPSA) is 76.9 Å². The number of hydrogen-bond donors (Lipinski definition) is 2. The fourth-order valence-electron chi connectivity index (χ4n) is 2.05. The van der Waals surface area contributed by atoms with Crippen molar-refractivity contribution >= 4 is 22.4 Å². The minimum Gasteiger partial charge on any atom is -0.336 e. The van der Waals surface area contributed by atoms with Gasteiger partial charge in [-0.3, -0.25) is 5.43 Å². The van der Waals surface area contributed by atoms with Gasteiger partial charge in [0, 0.05) is 0 Å². The monoisotopic (exact) mass is 329 g/mol. The third-order valence-corrected chi connectivity index (χ3v) is 3.23. The Kier molecular flexibility index (Phi) is 3.92. The molecule has 0 spiro atoms. The van der Waals surface area contributed by atoms with Crippen LogP contribution >= 0.6 is 0 Å². The molecule has 0 unspecified atom stereocenters. The predicted octanol–water partition coefficient (Wildman–Crippen LogP) is 3.92. The number of nitriles is 1. The number of benzene rings is 2. The smallest absolute Gasteiger partial charge is 0.336 e. The molecule has 0 atom stereocenters. The lowest BCUT2D eigenvalue weighted by Gasteiger charge is -2.07. The average molecular weight is 329 g/mol. The molecule has 1 aromatic heterocycles. The molecule has 0 bridgehead atoms. The van der Waals surface area contributed by atoms with Crippen molar-refractivity contribution in [2.24, 2.45) is 5.10 Å². The summed E-state index contributed by atoms with van der Waals surface area (Å²) in [7, 11) is 0. The highest BCUT2D eigenvalue weighted by molar-refractivity contribution is 6.10. The van der Waals surface area contributed by atoms with Crippen molar-refractivity contribution in [2.45, 2.75) is 6.18 Å². The fraction of sp³-hybridized carbons (Fsp3) is 0.0625. The van der Waals surface area contributed by atoms with E-state index < -0.39 is 11.7 Å². The van der Waals surface area contributed by atoms with Crippen molar-refractivity contribution in [3.63, 3.8) is 0 Å². The average Bonchev–Trinajstić information content (AvgIpc) is 2.99. The molecule has 2 N–H and O–H groups in total. The molecule has 0 amide bonds. The lowest BCUT2D eigenvalue weighted by atomic mass is 10.2. The van der Waals surface area contributed by atoms with E-state index in [-0.39, 0.29) is 11.5 Å². The van der Waals surface area contributed by atoms with Crippen molar-refractivity contribution in [1.29, 1.82) is 5.26 Å². The number of rotatable bonds is 3. The van der Waals surface area contributed by atoms with E-state index in [1.165, 1.54) is 12.1 Å². The molecule has 24 heavy (non-hydrogen) atoms. The summed E-state index contributed by atoms with van der Waals surface area (Å²) >= 11 is 0. The highest BCUT2D eigenvalue weighted by Gasteiger charge is 2.29. The number of imidazole rings is 1. The molecule has 2 aromatic carbocycles. The van der Waals surface area contributed by atoms with E-state index in [0.717, 1.165) is 17.6 Å². The number of nitrogens with one attached hydrogen (secondary N) is 2. The number of aromatic nitrogens is 2. The van der Waals surface area contributed by atoms with Crippen LogP contribution in [0, 0.1) is 11.3 Å². The number of aromatic amines is 1. The standard InChI is InChI=1S/C16H10F3N5/c17-16(18,19)10-5-7-11(8-6-10)23-24-14(9-20)15-21-12-3-1-2-4-13(12)22-15/h1-8,23H,(H,21,22)/b24-14+. The van der Waals surface area contributed by atoms with Gasteiger partial charge in [0.05, 0.1) is 22.3 Å². The number of anilines is 1. The molecule has 0 radical (unpaired) electrons. The molecule has 3 rings (SSSR count). The second-order valence-electron chi connectivity index (χ2n) is 4.86. The first-order valence-corrected chi connectivity index (χ1v) is 6.83. The van der Waals surface area contributed by atoms with Crippen LogP contribution in [0.5, 0.6) is 0 Å². The quantitative estimate of drug-likeness (QED) is 0.565. The Morgan fingerprint density at radius 2 is 1.83 bits per heavy atom. The van der Waals surface area contributed by atoms with Gasteiger partial charge in [-0.2, -0.15) is 23.5 Å². The van der Waals surface area contributed by atoms with Gasteiger partial charge in [-0.25, -0.2) is 4.98 Å². The number of alkyl halides is 3. The maximum absolute atomic E-state index is 12.5. The van der Waals surface area contributed by atoms with Crippen molar-refractivity contribution < 1.29 is 13.2 Å². The minimum absolute atomic E-state index is 0.00824. The minimum atomic E-state index is -4.39. The number of halogens is 3. The van der Waals surface area contributed by atoms with Crippen LogP contribution in [0.2, 0.25) is 0 Å². The summed E-state index contributed by atoms with van der Waals surface area (Å²) < 4.78 is 37.5. The van der Waals surface area contributed by atoms with Crippen LogP contribution in [-0.2, 0) is 6.18 Å². The molecule has 0 aliphatic heterocycles. The Bertz CT molecular complexity index is 900. The van der Waals surface area contributed by atoms with Crippen molar-refractivity contribution in [3.05, 3.63) is 59.9 Å². The van der Waals surface area contributed by atoms with Gasteiger partial charge in [-0.1, -0.05) is 12.1 Å². The van der Waals surface area contributed by atoms with E-state index in [4.69, 9.17) is 0 Å². The number of para-hydroxylation sites is 2. The summed E-state index contributed by atoms with van der Waals surface area (Å²) in [5.41, 5.74) is 3.56. The van der Waals surface area contributed by atoms with E-state index in [9.17, 15) is 18.4 Å². The summed E-state index contributed by atoms with van der Waals surface area (Å²) in [6, 6.07) is 13.5. The van der Waals surface area contributed by atoms with Crippen LogP contribution in [0.15, 0.2) is 53.6 Å². The molecular formula is C16H10F3N5. The first kappa shape index (κ1) is 15.6. The molecule has 0 aliphatic carbocycles. The first-order chi connectivity index (χ1) is 11.5. The zero-order valence-corrected chi connectivity index (χ0v) is 12.1. The van der Waals surface area contributed by atoms with Crippen LogP contribution in [0.25, 0.3) is 11.0 Å². The van der Waals surface area contributed by atoms with Crippen molar-refractivity contribution in [2.75, 3.05) is 5.43 Å². The third-order valence-electron chi connectivity index (χ3n) is 3.23.